The molecule has 0 aromatic carbocycles. The first-order valence-electron chi connectivity index (χ1n) is 5.47. The van der Waals surface area contributed by atoms with E-state index in [-0.39, 0.29) is 5.91 Å². The zero-order chi connectivity index (χ0) is 13.0. The van der Waals surface area contributed by atoms with Gasteiger partial charge >= 0.3 is 0 Å². The minimum Gasteiger partial charge on any atom is -0.297 e. The quantitative estimate of drug-likeness (QED) is 0.848. The molecule has 0 unspecified atom stereocenters. The first-order valence-corrected chi connectivity index (χ1v) is 6.29. The van der Waals surface area contributed by atoms with Crippen molar-refractivity contribution >= 4 is 28.5 Å². The molecule has 0 radical (unpaired) electrons. The number of aryl methyl sites for hydroxylation is 2. The molecular formula is C11H13N5OS. The molecule has 2 rings (SSSR count). The van der Waals surface area contributed by atoms with Crippen molar-refractivity contribution in [3.05, 3.63) is 29.0 Å². The van der Waals surface area contributed by atoms with Gasteiger partial charge in [-0.25, -0.2) is 0 Å². The highest BCUT2D eigenvalue weighted by atomic mass is 32.1. The average molecular weight is 263 g/mol. The van der Waals surface area contributed by atoms with E-state index in [1.807, 2.05) is 20.2 Å². The molecule has 0 fully saturated rings. The van der Waals surface area contributed by atoms with Crippen LogP contribution in [0.3, 0.4) is 0 Å². The lowest BCUT2D eigenvalue weighted by Crippen LogP contribution is -2.07. The number of hydrogen-bond donors (Lipinski definition) is 1. The van der Waals surface area contributed by atoms with Crippen LogP contribution >= 0.6 is 11.3 Å². The van der Waals surface area contributed by atoms with Crippen LogP contribution in [0.25, 0.3) is 6.08 Å². The Morgan fingerprint density at radius 1 is 1.56 bits per heavy atom. The van der Waals surface area contributed by atoms with E-state index in [4.69, 9.17) is 0 Å². The molecule has 2 aromatic rings. The third-order valence-electron chi connectivity index (χ3n) is 2.15. The predicted molar refractivity (Wildman–Crippen MR) is 70.2 cm³/mol. The molecule has 0 aliphatic carbocycles. The van der Waals surface area contributed by atoms with Gasteiger partial charge in [0.05, 0.1) is 6.20 Å². The zero-order valence-corrected chi connectivity index (χ0v) is 10.9. The van der Waals surface area contributed by atoms with Crippen molar-refractivity contribution in [2.45, 2.75) is 13.3 Å². The van der Waals surface area contributed by atoms with Crippen LogP contribution in [0, 0.1) is 0 Å². The monoisotopic (exact) mass is 263 g/mol. The summed E-state index contributed by atoms with van der Waals surface area (Å²) < 4.78 is 1.68. The summed E-state index contributed by atoms with van der Waals surface area (Å²) in [5.41, 5.74) is 0.874. The van der Waals surface area contributed by atoms with Crippen LogP contribution in [-0.4, -0.2) is 25.9 Å². The van der Waals surface area contributed by atoms with Crippen LogP contribution in [0.1, 0.15) is 17.5 Å². The first kappa shape index (κ1) is 12.4. The second-order valence-electron chi connectivity index (χ2n) is 3.62. The number of nitrogens with zero attached hydrogens (tertiary/aromatic N) is 4. The Hall–Kier alpha value is -2.02. The third kappa shape index (κ3) is 3.24. The fourth-order valence-corrected chi connectivity index (χ4v) is 1.97. The lowest BCUT2D eigenvalue weighted by Gasteiger charge is -1.93. The molecule has 0 spiro atoms. The molecular weight excluding hydrogens is 250 g/mol. The van der Waals surface area contributed by atoms with E-state index in [0.717, 1.165) is 17.0 Å². The molecule has 7 heteroatoms. The summed E-state index contributed by atoms with van der Waals surface area (Å²) in [5, 5.41) is 15.9. The summed E-state index contributed by atoms with van der Waals surface area (Å²) in [5.74, 6) is -0.224. The van der Waals surface area contributed by atoms with E-state index in [9.17, 15) is 4.79 Å². The molecule has 0 saturated heterocycles. The van der Waals surface area contributed by atoms with E-state index in [1.165, 1.54) is 17.4 Å². The lowest BCUT2D eigenvalue weighted by atomic mass is 10.3. The molecule has 2 aromatic heterocycles. The predicted octanol–water partition coefficient (Wildman–Crippen LogP) is 1.49. The van der Waals surface area contributed by atoms with E-state index in [2.05, 4.69) is 20.6 Å². The molecule has 0 atom stereocenters. The summed E-state index contributed by atoms with van der Waals surface area (Å²) in [6, 6.07) is 0. The number of anilines is 1. The van der Waals surface area contributed by atoms with Gasteiger partial charge in [-0.3, -0.25) is 14.8 Å². The van der Waals surface area contributed by atoms with E-state index in [0.29, 0.717) is 5.13 Å². The Labute approximate surface area is 108 Å². The summed E-state index contributed by atoms with van der Waals surface area (Å²) in [7, 11) is 1.82. The molecule has 18 heavy (non-hydrogen) atoms. The van der Waals surface area contributed by atoms with Crippen molar-refractivity contribution in [1.82, 2.24) is 20.0 Å². The smallest absolute Gasteiger partial charge is 0.250 e. The molecule has 94 valence electrons. The fraction of sp³-hybridized carbons (Fsp3) is 0.273. The molecule has 0 aliphatic rings. The van der Waals surface area contributed by atoms with Crippen LogP contribution in [0.2, 0.25) is 0 Å². The van der Waals surface area contributed by atoms with Gasteiger partial charge in [-0.15, -0.1) is 10.2 Å². The van der Waals surface area contributed by atoms with Crippen LogP contribution in [0.5, 0.6) is 0 Å². The largest absolute Gasteiger partial charge is 0.297 e. The maximum atomic E-state index is 11.6. The summed E-state index contributed by atoms with van der Waals surface area (Å²) >= 11 is 1.38. The van der Waals surface area contributed by atoms with Gasteiger partial charge in [0.1, 0.15) is 5.01 Å². The lowest BCUT2D eigenvalue weighted by molar-refractivity contribution is -0.111. The highest BCUT2D eigenvalue weighted by Crippen LogP contribution is 2.15. The number of carbonyl (C=O) groups excluding carboxylic acids is 1. The molecule has 0 bridgehead atoms. The first-order chi connectivity index (χ1) is 8.67. The average Bonchev–Trinajstić information content (AvgIpc) is 2.95. The van der Waals surface area contributed by atoms with Gasteiger partial charge in [-0.1, -0.05) is 18.3 Å². The SMILES string of the molecule is CCc1nnc(NC(=O)/C=C/c2cnn(C)c2)s1. The number of amides is 1. The van der Waals surface area contributed by atoms with Gasteiger partial charge in [-0.2, -0.15) is 5.10 Å². The van der Waals surface area contributed by atoms with Gasteiger partial charge in [0.2, 0.25) is 11.0 Å². The molecule has 1 amide bonds. The molecule has 0 saturated carbocycles. The number of carbonyl (C=O) groups is 1. The van der Waals surface area contributed by atoms with Crippen molar-refractivity contribution in [3.63, 3.8) is 0 Å². The van der Waals surface area contributed by atoms with Crippen molar-refractivity contribution in [2.75, 3.05) is 5.32 Å². The highest BCUT2D eigenvalue weighted by molar-refractivity contribution is 7.15. The van der Waals surface area contributed by atoms with Gasteiger partial charge in [0.25, 0.3) is 0 Å². The topological polar surface area (TPSA) is 72.7 Å². The minimum absolute atomic E-state index is 0.224. The van der Waals surface area contributed by atoms with E-state index in [1.54, 1.807) is 17.0 Å². The van der Waals surface area contributed by atoms with Crippen LogP contribution in [0.4, 0.5) is 5.13 Å². The maximum Gasteiger partial charge on any atom is 0.250 e. The van der Waals surface area contributed by atoms with E-state index < -0.39 is 0 Å². The van der Waals surface area contributed by atoms with Crippen LogP contribution in [-0.2, 0) is 18.3 Å². The molecule has 1 N–H and O–H groups in total. The summed E-state index contributed by atoms with van der Waals surface area (Å²) in [4.78, 5) is 11.6. The Kier molecular flexibility index (Phi) is 3.83. The van der Waals surface area contributed by atoms with E-state index >= 15 is 0 Å². The maximum absolute atomic E-state index is 11.6. The Bertz CT molecular complexity index is 572. The second-order valence-corrected chi connectivity index (χ2v) is 4.69. The van der Waals surface area contributed by atoms with Crippen molar-refractivity contribution in [3.8, 4) is 0 Å². The summed E-state index contributed by atoms with van der Waals surface area (Å²) in [6.07, 6.45) is 7.47. The zero-order valence-electron chi connectivity index (χ0n) is 10.1. The van der Waals surface area contributed by atoms with Gasteiger partial charge in [-0.05, 0) is 12.5 Å². The highest BCUT2D eigenvalue weighted by Gasteiger charge is 2.04. The minimum atomic E-state index is -0.224. The van der Waals surface area contributed by atoms with Gasteiger partial charge in [0.15, 0.2) is 0 Å². The molecule has 6 nitrogen and oxygen atoms in total. The van der Waals surface area contributed by atoms with Crippen molar-refractivity contribution in [1.29, 1.82) is 0 Å². The van der Waals surface area contributed by atoms with Crippen LogP contribution in [0.15, 0.2) is 18.5 Å². The van der Waals surface area contributed by atoms with Crippen molar-refractivity contribution in [2.24, 2.45) is 7.05 Å². The van der Waals surface area contributed by atoms with Crippen LogP contribution < -0.4 is 5.32 Å². The number of hydrogen-bond acceptors (Lipinski definition) is 5. The Morgan fingerprint density at radius 3 is 3.00 bits per heavy atom. The number of aromatic nitrogens is 4. The van der Waals surface area contributed by atoms with Gasteiger partial charge < -0.3 is 0 Å². The summed E-state index contributed by atoms with van der Waals surface area (Å²) in [6.45, 7) is 1.99. The second kappa shape index (κ2) is 5.54. The van der Waals surface area contributed by atoms with Crippen molar-refractivity contribution < 1.29 is 4.79 Å². The number of rotatable bonds is 4. The molecule has 0 aliphatic heterocycles. The number of nitrogens with one attached hydrogen (secondary N) is 1. The fourth-order valence-electron chi connectivity index (χ4n) is 1.29. The normalized spacial score (nSPS) is 11.0. The molecule has 2 heterocycles. The third-order valence-corrected chi connectivity index (χ3v) is 3.13. The standard InChI is InChI=1S/C11H13N5OS/c1-3-10-14-15-11(18-10)13-9(17)5-4-8-6-12-16(2)7-8/h4-7H,3H2,1-2H3,(H,13,15,17)/b5-4+. The van der Waals surface area contributed by atoms with Gasteiger partial charge in [0, 0.05) is 24.9 Å². The Morgan fingerprint density at radius 2 is 2.39 bits per heavy atom. The Balaban J connectivity index is 1.94.